The van der Waals surface area contributed by atoms with E-state index in [0.29, 0.717) is 18.5 Å². The zero-order valence-corrected chi connectivity index (χ0v) is 19.5. The molecule has 2 saturated heterocycles. The topological polar surface area (TPSA) is 51.2 Å². The molecule has 2 atom stereocenters. The van der Waals surface area contributed by atoms with E-state index in [1.54, 1.807) is 0 Å². The highest BCUT2D eigenvalue weighted by Gasteiger charge is 2.37. The molecule has 0 spiro atoms. The first-order chi connectivity index (χ1) is 12.7. The van der Waals surface area contributed by atoms with Crippen LogP contribution in [0.5, 0.6) is 0 Å². The lowest BCUT2D eigenvalue weighted by Crippen LogP contribution is -2.54. The summed E-state index contributed by atoms with van der Waals surface area (Å²) in [7, 11) is 1.88. The summed E-state index contributed by atoms with van der Waals surface area (Å²) in [4.78, 5) is 23.8. The quantitative estimate of drug-likeness (QED) is 0.365. The van der Waals surface area contributed by atoms with Gasteiger partial charge in [-0.25, -0.2) is 0 Å². The molecule has 6 nitrogen and oxygen atoms in total. The van der Waals surface area contributed by atoms with Crippen molar-refractivity contribution in [3.63, 3.8) is 0 Å². The van der Waals surface area contributed by atoms with E-state index in [1.807, 2.05) is 7.05 Å². The highest BCUT2D eigenvalue weighted by molar-refractivity contribution is 14.0. The molecule has 3 aliphatic rings. The van der Waals surface area contributed by atoms with Crippen LogP contribution in [0.4, 0.5) is 0 Å². The molecule has 1 N–H and O–H groups in total. The van der Waals surface area contributed by atoms with Crippen LogP contribution in [-0.2, 0) is 4.79 Å². The Kier molecular flexibility index (Phi) is 9.62. The molecule has 2 aliphatic heterocycles. The van der Waals surface area contributed by atoms with E-state index < -0.39 is 0 Å². The number of likely N-dealkylation sites (tertiary alicyclic amines) is 1. The summed E-state index contributed by atoms with van der Waals surface area (Å²) in [6.07, 6.45) is 8.76. The molecule has 156 valence electrons. The Labute approximate surface area is 182 Å². The van der Waals surface area contributed by atoms with Crippen molar-refractivity contribution in [2.75, 3.05) is 52.9 Å². The molecule has 27 heavy (non-hydrogen) atoms. The van der Waals surface area contributed by atoms with Crippen LogP contribution >= 0.6 is 24.0 Å². The van der Waals surface area contributed by atoms with Gasteiger partial charge in [0.15, 0.2) is 5.96 Å². The number of hydrogen-bond acceptors (Lipinski definition) is 3. The lowest BCUT2D eigenvalue weighted by molar-refractivity contribution is -0.132. The first-order valence-electron chi connectivity index (χ1n) is 10.7. The van der Waals surface area contributed by atoms with Gasteiger partial charge in [-0.15, -0.1) is 24.0 Å². The summed E-state index contributed by atoms with van der Waals surface area (Å²) in [5.41, 5.74) is 0. The van der Waals surface area contributed by atoms with Crippen molar-refractivity contribution >= 4 is 35.8 Å². The molecule has 0 aromatic rings. The second kappa shape index (κ2) is 11.4. The van der Waals surface area contributed by atoms with Crippen LogP contribution in [0.1, 0.15) is 51.9 Å². The zero-order chi connectivity index (χ0) is 18.4. The minimum Gasteiger partial charge on any atom is -0.353 e. The van der Waals surface area contributed by atoms with Gasteiger partial charge in [-0.05, 0) is 31.6 Å². The standard InChI is InChI=1S/C20H37N5O.HI/c1-3-8-17-15-18(17)22-20(21-2)25-13-11-23(12-14-25)16-19(26)24-9-6-4-5-7-10-24;/h17-18H,3-16H2,1-2H3,(H,21,22);1H. The van der Waals surface area contributed by atoms with E-state index in [2.05, 4.69) is 31.9 Å². The van der Waals surface area contributed by atoms with Crippen LogP contribution in [0, 0.1) is 5.92 Å². The van der Waals surface area contributed by atoms with E-state index in [4.69, 9.17) is 0 Å². The number of piperazine rings is 1. The SMILES string of the molecule is CCCC1CC1NC(=NC)N1CCN(CC(=O)N2CCCCCC2)CC1.I. The third-order valence-electron chi connectivity index (χ3n) is 6.10. The average Bonchev–Trinajstić information content (AvgIpc) is 3.43. The highest BCUT2D eigenvalue weighted by atomic mass is 127. The number of nitrogens with one attached hydrogen (secondary N) is 1. The van der Waals surface area contributed by atoms with Crippen molar-refractivity contribution in [2.45, 2.75) is 57.9 Å². The van der Waals surface area contributed by atoms with Crippen molar-refractivity contribution in [3.05, 3.63) is 0 Å². The van der Waals surface area contributed by atoms with Gasteiger partial charge in [-0.3, -0.25) is 14.7 Å². The van der Waals surface area contributed by atoms with E-state index in [9.17, 15) is 4.79 Å². The summed E-state index contributed by atoms with van der Waals surface area (Å²) < 4.78 is 0. The van der Waals surface area contributed by atoms with Crippen molar-refractivity contribution in [1.82, 2.24) is 20.0 Å². The zero-order valence-electron chi connectivity index (χ0n) is 17.2. The monoisotopic (exact) mass is 491 g/mol. The first-order valence-corrected chi connectivity index (χ1v) is 10.7. The number of guanidine groups is 1. The first kappa shape index (κ1) is 22.7. The molecule has 3 rings (SSSR count). The van der Waals surface area contributed by atoms with Gasteiger partial charge < -0.3 is 15.1 Å². The molecule has 0 bridgehead atoms. The van der Waals surface area contributed by atoms with Crippen molar-refractivity contribution in [3.8, 4) is 0 Å². The minimum absolute atomic E-state index is 0. The number of carbonyl (C=O) groups is 1. The lowest BCUT2D eigenvalue weighted by Gasteiger charge is -2.37. The average molecular weight is 491 g/mol. The normalized spacial score (nSPS) is 27.0. The molecule has 2 heterocycles. The van der Waals surface area contributed by atoms with Crippen molar-refractivity contribution in [1.29, 1.82) is 0 Å². The molecular formula is C20H38IN5O. The molecule has 1 amide bonds. The summed E-state index contributed by atoms with van der Waals surface area (Å²) in [5.74, 6) is 2.21. The van der Waals surface area contributed by atoms with Gasteiger partial charge in [0.05, 0.1) is 6.54 Å². The van der Waals surface area contributed by atoms with Crippen LogP contribution < -0.4 is 5.32 Å². The number of hydrogen-bond donors (Lipinski definition) is 1. The van der Waals surface area contributed by atoms with E-state index in [-0.39, 0.29) is 24.0 Å². The van der Waals surface area contributed by atoms with Crippen LogP contribution in [0.25, 0.3) is 0 Å². The van der Waals surface area contributed by atoms with Gasteiger partial charge >= 0.3 is 0 Å². The van der Waals surface area contributed by atoms with Gasteiger partial charge in [0.2, 0.25) is 5.91 Å². The predicted molar refractivity (Wildman–Crippen MR) is 122 cm³/mol. The molecule has 1 aliphatic carbocycles. The van der Waals surface area contributed by atoms with Gasteiger partial charge in [0.25, 0.3) is 0 Å². The fraction of sp³-hybridized carbons (Fsp3) is 0.900. The Morgan fingerprint density at radius 1 is 1.00 bits per heavy atom. The van der Waals surface area contributed by atoms with E-state index in [1.165, 1.54) is 44.9 Å². The number of carbonyl (C=O) groups excluding carboxylic acids is 1. The number of nitrogens with zero attached hydrogens (tertiary/aromatic N) is 4. The van der Waals surface area contributed by atoms with Crippen LogP contribution in [-0.4, -0.2) is 85.5 Å². The second-order valence-corrected chi connectivity index (χ2v) is 8.14. The van der Waals surface area contributed by atoms with Gasteiger partial charge in [-0.1, -0.05) is 26.2 Å². The highest BCUT2D eigenvalue weighted by Crippen LogP contribution is 2.34. The molecule has 1 saturated carbocycles. The molecule has 0 radical (unpaired) electrons. The number of rotatable bonds is 5. The Bertz CT molecular complexity index is 485. The smallest absolute Gasteiger partial charge is 0.236 e. The van der Waals surface area contributed by atoms with Gasteiger partial charge in [0.1, 0.15) is 0 Å². The number of amides is 1. The molecule has 2 unspecified atom stereocenters. The summed E-state index contributed by atoms with van der Waals surface area (Å²) in [6.45, 7) is 8.56. The van der Waals surface area contributed by atoms with Crippen LogP contribution in [0.2, 0.25) is 0 Å². The van der Waals surface area contributed by atoms with Crippen molar-refractivity contribution in [2.24, 2.45) is 10.9 Å². The molecule has 0 aromatic carbocycles. The minimum atomic E-state index is 0. The third kappa shape index (κ3) is 6.76. The Balaban J connectivity index is 0.00000261. The maximum Gasteiger partial charge on any atom is 0.236 e. The summed E-state index contributed by atoms with van der Waals surface area (Å²) >= 11 is 0. The Morgan fingerprint density at radius 3 is 2.26 bits per heavy atom. The van der Waals surface area contributed by atoms with Gasteiger partial charge in [0, 0.05) is 52.4 Å². The second-order valence-electron chi connectivity index (χ2n) is 8.14. The van der Waals surface area contributed by atoms with E-state index in [0.717, 1.165) is 51.1 Å². The fourth-order valence-electron chi connectivity index (χ4n) is 4.31. The van der Waals surface area contributed by atoms with Gasteiger partial charge in [-0.2, -0.15) is 0 Å². The molecule has 3 fully saturated rings. The summed E-state index contributed by atoms with van der Waals surface area (Å²) in [6, 6.07) is 0.622. The predicted octanol–water partition coefficient (Wildman–Crippen LogP) is 2.39. The van der Waals surface area contributed by atoms with Crippen LogP contribution in [0.3, 0.4) is 0 Å². The molecule has 0 aromatic heterocycles. The maximum atomic E-state index is 12.6. The van der Waals surface area contributed by atoms with Crippen LogP contribution in [0.15, 0.2) is 4.99 Å². The van der Waals surface area contributed by atoms with E-state index >= 15 is 0 Å². The van der Waals surface area contributed by atoms with Crippen molar-refractivity contribution < 1.29 is 4.79 Å². The largest absolute Gasteiger partial charge is 0.353 e. The lowest BCUT2D eigenvalue weighted by atomic mass is 10.2. The Hall–Kier alpha value is -0.570. The summed E-state index contributed by atoms with van der Waals surface area (Å²) in [5, 5.41) is 3.64. The Morgan fingerprint density at radius 2 is 1.67 bits per heavy atom. The third-order valence-corrected chi connectivity index (χ3v) is 6.10. The fourth-order valence-corrected chi connectivity index (χ4v) is 4.31. The molecular weight excluding hydrogens is 453 g/mol. The maximum absolute atomic E-state index is 12.6. The number of halogens is 1. The number of aliphatic imine (C=N–C) groups is 1. The molecule has 7 heteroatoms.